The van der Waals surface area contributed by atoms with Crippen molar-refractivity contribution in [2.45, 2.75) is 76.4 Å². The smallest absolute Gasteiger partial charge is 0.305 e. The number of carboxylic acids is 1. The molecule has 2 saturated heterocycles. The van der Waals surface area contributed by atoms with E-state index in [1.165, 1.54) is 12.8 Å². The molecule has 5 heteroatoms. The molecule has 5 nitrogen and oxygen atoms in total. The summed E-state index contributed by atoms with van der Waals surface area (Å²) in [5, 5.41) is 15.3. The van der Waals surface area contributed by atoms with E-state index in [2.05, 4.69) is 10.6 Å². The van der Waals surface area contributed by atoms with Gasteiger partial charge in [0.2, 0.25) is 5.91 Å². The van der Waals surface area contributed by atoms with Crippen LogP contribution in [0.25, 0.3) is 0 Å². The SMILES string of the molecule is CCCC(CC(=O)O)NC(=O)CC1CC2CCC(C1)N2. The lowest BCUT2D eigenvalue weighted by atomic mass is 9.89. The van der Waals surface area contributed by atoms with Crippen molar-refractivity contribution in [1.82, 2.24) is 10.6 Å². The normalized spacial score (nSPS) is 29.9. The molecule has 0 spiro atoms. The van der Waals surface area contributed by atoms with Crippen molar-refractivity contribution in [2.75, 3.05) is 0 Å². The number of rotatable bonds is 7. The first-order chi connectivity index (χ1) is 9.56. The number of carboxylic acid groups (broad SMARTS) is 1. The summed E-state index contributed by atoms with van der Waals surface area (Å²) in [5.74, 6) is -0.361. The van der Waals surface area contributed by atoms with Gasteiger partial charge in [0.05, 0.1) is 6.42 Å². The van der Waals surface area contributed by atoms with E-state index in [0.29, 0.717) is 24.4 Å². The number of hydrogen-bond donors (Lipinski definition) is 3. The highest BCUT2D eigenvalue weighted by molar-refractivity contribution is 5.77. The Kier molecular flexibility index (Phi) is 5.40. The van der Waals surface area contributed by atoms with Crippen LogP contribution in [-0.4, -0.2) is 35.1 Å². The van der Waals surface area contributed by atoms with E-state index in [-0.39, 0.29) is 18.4 Å². The molecule has 0 saturated carbocycles. The van der Waals surface area contributed by atoms with Crippen LogP contribution in [0.2, 0.25) is 0 Å². The molecule has 1 amide bonds. The Balaban J connectivity index is 1.77. The fraction of sp³-hybridized carbons (Fsp3) is 0.867. The van der Waals surface area contributed by atoms with Crippen molar-refractivity contribution < 1.29 is 14.7 Å². The maximum atomic E-state index is 12.1. The summed E-state index contributed by atoms with van der Waals surface area (Å²) >= 11 is 0. The fourth-order valence-corrected chi connectivity index (χ4v) is 3.68. The Morgan fingerprint density at radius 1 is 1.30 bits per heavy atom. The molecule has 3 N–H and O–H groups in total. The minimum absolute atomic E-state index is 0.0241. The summed E-state index contributed by atoms with van der Waals surface area (Å²) < 4.78 is 0. The van der Waals surface area contributed by atoms with Crippen LogP contribution in [0.4, 0.5) is 0 Å². The van der Waals surface area contributed by atoms with Gasteiger partial charge in [-0.3, -0.25) is 9.59 Å². The largest absolute Gasteiger partial charge is 0.481 e. The van der Waals surface area contributed by atoms with Crippen LogP contribution in [0.3, 0.4) is 0 Å². The van der Waals surface area contributed by atoms with Crippen LogP contribution in [0, 0.1) is 5.92 Å². The van der Waals surface area contributed by atoms with Crippen LogP contribution in [-0.2, 0) is 9.59 Å². The summed E-state index contributed by atoms with van der Waals surface area (Å²) in [6.07, 6.45) is 6.83. The summed E-state index contributed by atoms with van der Waals surface area (Å²) in [5.41, 5.74) is 0. The van der Waals surface area contributed by atoms with Gasteiger partial charge in [0.15, 0.2) is 0 Å². The van der Waals surface area contributed by atoms with Crippen molar-refractivity contribution in [2.24, 2.45) is 5.92 Å². The topological polar surface area (TPSA) is 78.4 Å². The molecule has 3 unspecified atom stereocenters. The molecule has 2 bridgehead atoms. The molecule has 2 aliphatic heterocycles. The van der Waals surface area contributed by atoms with Gasteiger partial charge in [0.1, 0.15) is 0 Å². The Hall–Kier alpha value is -1.10. The van der Waals surface area contributed by atoms with Crippen molar-refractivity contribution in [3.8, 4) is 0 Å². The number of fused-ring (bicyclic) bond motifs is 2. The molecular weight excluding hydrogens is 256 g/mol. The maximum Gasteiger partial charge on any atom is 0.305 e. The number of carbonyl (C=O) groups excluding carboxylic acids is 1. The minimum atomic E-state index is -0.844. The molecule has 2 rings (SSSR count). The van der Waals surface area contributed by atoms with E-state index in [4.69, 9.17) is 5.11 Å². The predicted octanol–water partition coefficient (Wildman–Crippen LogP) is 1.67. The second-order valence-electron chi connectivity index (χ2n) is 6.33. The number of carbonyl (C=O) groups is 2. The minimum Gasteiger partial charge on any atom is -0.481 e. The van der Waals surface area contributed by atoms with Gasteiger partial charge >= 0.3 is 5.97 Å². The van der Waals surface area contributed by atoms with Gasteiger partial charge in [-0.05, 0) is 38.0 Å². The second kappa shape index (κ2) is 7.07. The molecule has 3 atom stereocenters. The second-order valence-corrected chi connectivity index (χ2v) is 6.33. The predicted molar refractivity (Wildman–Crippen MR) is 76.4 cm³/mol. The standard InChI is InChI=1S/C15H26N2O3/c1-2-3-11(9-15(19)20)17-14(18)8-10-6-12-4-5-13(7-10)16-12/h10-13,16H,2-9H2,1H3,(H,17,18)(H,19,20). The third-order valence-corrected chi connectivity index (χ3v) is 4.47. The lowest BCUT2D eigenvalue weighted by Gasteiger charge is -2.29. The average molecular weight is 282 g/mol. The van der Waals surface area contributed by atoms with Crippen LogP contribution >= 0.6 is 0 Å². The monoisotopic (exact) mass is 282 g/mol. The third-order valence-electron chi connectivity index (χ3n) is 4.47. The number of nitrogens with one attached hydrogen (secondary N) is 2. The average Bonchev–Trinajstić information content (AvgIpc) is 2.68. The van der Waals surface area contributed by atoms with E-state index in [9.17, 15) is 9.59 Å². The molecule has 0 radical (unpaired) electrons. The Bertz CT molecular complexity index is 347. The quantitative estimate of drug-likeness (QED) is 0.663. The molecule has 0 aromatic heterocycles. The molecule has 2 heterocycles. The van der Waals surface area contributed by atoms with Crippen molar-refractivity contribution >= 4 is 11.9 Å². The number of hydrogen-bond acceptors (Lipinski definition) is 3. The third kappa shape index (κ3) is 4.47. The Morgan fingerprint density at radius 2 is 1.95 bits per heavy atom. The van der Waals surface area contributed by atoms with E-state index >= 15 is 0 Å². The summed E-state index contributed by atoms with van der Waals surface area (Å²) in [6, 6.07) is 0.970. The molecule has 2 aliphatic rings. The first kappa shape index (κ1) is 15.3. The summed E-state index contributed by atoms with van der Waals surface area (Å²) in [7, 11) is 0. The molecule has 0 aromatic carbocycles. The van der Waals surface area contributed by atoms with Gasteiger partial charge in [0.25, 0.3) is 0 Å². The lowest BCUT2D eigenvalue weighted by Crippen LogP contribution is -2.41. The van der Waals surface area contributed by atoms with E-state index in [1.807, 2.05) is 6.92 Å². The van der Waals surface area contributed by atoms with E-state index in [0.717, 1.165) is 25.7 Å². The van der Waals surface area contributed by atoms with Crippen molar-refractivity contribution in [3.05, 3.63) is 0 Å². The van der Waals surface area contributed by atoms with Crippen molar-refractivity contribution in [3.63, 3.8) is 0 Å². The van der Waals surface area contributed by atoms with Gasteiger partial charge in [-0.15, -0.1) is 0 Å². The van der Waals surface area contributed by atoms with Gasteiger partial charge in [-0.1, -0.05) is 13.3 Å². The van der Waals surface area contributed by atoms with Gasteiger partial charge in [0, 0.05) is 24.5 Å². The fourth-order valence-electron chi connectivity index (χ4n) is 3.68. The van der Waals surface area contributed by atoms with Gasteiger partial charge in [-0.25, -0.2) is 0 Å². The molecule has 0 aromatic rings. The zero-order valence-electron chi connectivity index (χ0n) is 12.2. The van der Waals surface area contributed by atoms with Crippen LogP contribution in [0.15, 0.2) is 0 Å². The lowest BCUT2D eigenvalue weighted by molar-refractivity contribution is -0.137. The number of amides is 1. The van der Waals surface area contributed by atoms with Crippen LogP contribution < -0.4 is 10.6 Å². The number of piperidine rings is 1. The maximum absolute atomic E-state index is 12.1. The summed E-state index contributed by atoms with van der Waals surface area (Å²) in [6.45, 7) is 2.01. The molecule has 2 fully saturated rings. The Morgan fingerprint density at radius 3 is 2.50 bits per heavy atom. The Labute approximate surface area is 120 Å². The highest BCUT2D eigenvalue weighted by Gasteiger charge is 2.34. The first-order valence-electron chi connectivity index (χ1n) is 7.84. The summed E-state index contributed by atoms with van der Waals surface area (Å²) in [4.78, 5) is 22.9. The molecular formula is C15H26N2O3. The molecule has 20 heavy (non-hydrogen) atoms. The van der Waals surface area contributed by atoms with Gasteiger partial charge < -0.3 is 15.7 Å². The molecule has 114 valence electrons. The van der Waals surface area contributed by atoms with E-state index < -0.39 is 5.97 Å². The zero-order chi connectivity index (χ0) is 14.5. The first-order valence-corrected chi connectivity index (χ1v) is 7.84. The van der Waals surface area contributed by atoms with Crippen LogP contribution in [0.1, 0.15) is 58.3 Å². The molecule has 0 aliphatic carbocycles. The van der Waals surface area contributed by atoms with E-state index in [1.54, 1.807) is 0 Å². The van der Waals surface area contributed by atoms with Crippen molar-refractivity contribution in [1.29, 1.82) is 0 Å². The highest BCUT2D eigenvalue weighted by atomic mass is 16.4. The highest BCUT2D eigenvalue weighted by Crippen LogP contribution is 2.32. The zero-order valence-corrected chi connectivity index (χ0v) is 12.2. The van der Waals surface area contributed by atoms with Crippen LogP contribution in [0.5, 0.6) is 0 Å². The number of aliphatic carboxylic acids is 1. The van der Waals surface area contributed by atoms with Gasteiger partial charge in [-0.2, -0.15) is 0 Å².